The lowest BCUT2D eigenvalue weighted by molar-refractivity contribution is -0.244. The number of halogens is 7. The molecule has 0 aliphatic carbocycles. The Balaban J connectivity index is 2.42. The molecule has 0 radical (unpaired) electrons. The first-order chi connectivity index (χ1) is 13.0. The number of carbonyl (C=O) groups excluding carboxylic acids is 1. The number of benzene rings is 3. The minimum atomic E-state index is -5.94. The second kappa shape index (κ2) is 6.95. The van der Waals surface area contributed by atoms with Crippen molar-refractivity contribution in [2.75, 3.05) is 6.61 Å². The zero-order valence-electron chi connectivity index (χ0n) is 14.1. The van der Waals surface area contributed by atoms with Gasteiger partial charge in [-0.05, 0) is 35.2 Å². The minimum Gasteiger partial charge on any atom is -0.463 e. The number of rotatable bonds is 3. The Morgan fingerprint density at radius 2 is 1.64 bits per heavy atom. The van der Waals surface area contributed by atoms with Gasteiger partial charge < -0.3 is 4.74 Å². The van der Waals surface area contributed by atoms with Crippen molar-refractivity contribution in [3.63, 3.8) is 0 Å². The van der Waals surface area contributed by atoms with E-state index in [0.29, 0.717) is 21.3 Å². The molecule has 9 heteroatoms. The van der Waals surface area contributed by atoms with Crippen molar-refractivity contribution >= 4 is 43.4 Å². The zero-order valence-corrected chi connectivity index (χ0v) is 15.7. The van der Waals surface area contributed by atoms with E-state index in [0.717, 1.165) is 13.0 Å². The Hall–Kier alpha value is -2.29. The van der Waals surface area contributed by atoms with Gasteiger partial charge in [-0.25, -0.2) is 18.0 Å². The van der Waals surface area contributed by atoms with Crippen molar-refractivity contribution in [3.8, 4) is 0 Å². The highest BCUT2D eigenvalue weighted by Crippen LogP contribution is 2.47. The molecule has 148 valence electrons. The minimum absolute atomic E-state index is 0.0640. The first-order valence-corrected chi connectivity index (χ1v) is 8.75. The van der Waals surface area contributed by atoms with E-state index < -0.39 is 47.0 Å². The Bertz CT molecular complexity index is 1100. The van der Waals surface area contributed by atoms with Gasteiger partial charge >= 0.3 is 17.8 Å². The molecule has 0 aliphatic heterocycles. The molecule has 0 heterocycles. The predicted octanol–water partition coefficient (Wildman–Crippen LogP) is 6.32. The summed E-state index contributed by atoms with van der Waals surface area (Å²) in [6, 6.07) is 7.84. The molecule has 0 saturated heterocycles. The van der Waals surface area contributed by atoms with Crippen molar-refractivity contribution in [3.05, 3.63) is 58.1 Å². The van der Waals surface area contributed by atoms with Crippen molar-refractivity contribution < 1.29 is 35.9 Å². The molecule has 3 rings (SSSR count). The first-order valence-electron chi connectivity index (χ1n) is 7.96. The summed E-state index contributed by atoms with van der Waals surface area (Å²) in [4.78, 5) is 11.8. The van der Waals surface area contributed by atoms with E-state index >= 15 is 0 Å². The summed E-state index contributed by atoms with van der Waals surface area (Å²) in [5.74, 6) is -6.08. The number of carbonyl (C=O) groups is 1. The van der Waals surface area contributed by atoms with E-state index in [1.165, 1.54) is 12.1 Å². The summed E-state index contributed by atoms with van der Waals surface area (Å²) in [5, 5.41) is 0.363. The van der Waals surface area contributed by atoms with Crippen LogP contribution in [-0.4, -0.2) is 18.8 Å². The fraction of sp³-hybridized carbons (Fsp3) is 0.211. The third kappa shape index (κ3) is 2.92. The van der Waals surface area contributed by atoms with Crippen LogP contribution in [0.4, 0.5) is 26.3 Å². The second-order valence-corrected chi connectivity index (χ2v) is 6.77. The molecule has 0 saturated carbocycles. The van der Waals surface area contributed by atoms with Crippen LogP contribution in [0.3, 0.4) is 0 Å². The molecule has 0 spiro atoms. The van der Waals surface area contributed by atoms with Gasteiger partial charge in [-0.15, -0.1) is 0 Å². The molecule has 0 N–H and O–H groups in total. The van der Waals surface area contributed by atoms with Gasteiger partial charge in [0.2, 0.25) is 0 Å². The second-order valence-electron chi connectivity index (χ2n) is 5.92. The van der Waals surface area contributed by atoms with Crippen molar-refractivity contribution in [1.82, 2.24) is 0 Å². The standard InChI is InChI=1S/C19H11BrF6O2/c1-2-28-17(27)18(23,19(24,25)26)15-14(21)8-12-9-4-3-5-13(20)10(9)6-7-11(12)16(15)22/h3-8H,2H2,1H3/t18-/m0/s1. The number of hydrogen-bond donors (Lipinski definition) is 0. The molecule has 0 aliphatic rings. The molecule has 2 nitrogen and oxygen atoms in total. The largest absolute Gasteiger partial charge is 0.463 e. The quantitative estimate of drug-likeness (QED) is 0.257. The Kier molecular flexibility index (Phi) is 5.07. The molecule has 3 aromatic carbocycles. The maximum atomic E-state index is 15.0. The van der Waals surface area contributed by atoms with E-state index in [9.17, 15) is 31.1 Å². The van der Waals surface area contributed by atoms with Crippen LogP contribution in [0.5, 0.6) is 0 Å². The Morgan fingerprint density at radius 1 is 1.00 bits per heavy atom. The van der Waals surface area contributed by atoms with Gasteiger partial charge in [-0.1, -0.05) is 40.2 Å². The van der Waals surface area contributed by atoms with Gasteiger partial charge in [0, 0.05) is 9.86 Å². The van der Waals surface area contributed by atoms with Crippen LogP contribution in [-0.2, 0) is 15.2 Å². The van der Waals surface area contributed by atoms with E-state index in [-0.39, 0.29) is 5.39 Å². The molecule has 0 aromatic heterocycles. The highest BCUT2D eigenvalue weighted by molar-refractivity contribution is 9.10. The number of hydrogen-bond acceptors (Lipinski definition) is 2. The van der Waals surface area contributed by atoms with Crippen molar-refractivity contribution in [1.29, 1.82) is 0 Å². The smallest absolute Gasteiger partial charge is 0.438 e. The lowest BCUT2D eigenvalue weighted by Crippen LogP contribution is -2.47. The molecule has 1 atom stereocenters. The highest BCUT2D eigenvalue weighted by Gasteiger charge is 2.66. The predicted molar refractivity (Wildman–Crippen MR) is 94.5 cm³/mol. The van der Waals surface area contributed by atoms with Crippen LogP contribution in [0.1, 0.15) is 12.5 Å². The molecule has 0 fully saturated rings. The van der Waals surface area contributed by atoms with Crippen LogP contribution in [0.2, 0.25) is 0 Å². The van der Waals surface area contributed by atoms with Crippen LogP contribution >= 0.6 is 15.9 Å². The summed E-state index contributed by atoms with van der Waals surface area (Å²) in [5.41, 5.74) is -7.03. The summed E-state index contributed by atoms with van der Waals surface area (Å²) < 4.78 is 89.5. The summed E-state index contributed by atoms with van der Waals surface area (Å²) in [7, 11) is 0. The molecule has 0 unspecified atom stereocenters. The topological polar surface area (TPSA) is 26.3 Å². The third-order valence-corrected chi connectivity index (χ3v) is 5.00. The van der Waals surface area contributed by atoms with Gasteiger partial charge in [0.15, 0.2) is 0 Å². The first kappa shape index (κ1) is 20.4. The molecular weight excluding hydrogens is 454 g/mol. The summed E-state index contributed by atoms with van der Waals surface area (Å²) >= 11 is 3.27. The lowest BCUT2D eigenvalue weighted by atomic mass is 9.90. The van der Waals surface area contributed by atoms with Gasteiger partial charge in [0.25, 0.3) is 0 Å². The van der Waals surface area contributed by atoms with Gasteiger partial charge in [0.05, 0.1) is 12.2 Å². The fourth-order valence-corrected chi connectivity index (χ4v) is 3.53. The average Bonchev–Trinajstić information content (AvgIpc) is 2.61. The third-order valence-electron chi connectivity index (χ3n) is 4.31. The maximum Gasteiger partial charge on any atom is 0.438 e. The van der Waals surface area contributed by atoms with E-state index in [1.54, 1.807) is 12.1 Å². The van der Waals surface area contributed by atoms with Crippen LogP contribution < -0.4 is 0 Å². The van der Waals surface area contributed by atoms with E-state index in [2.05, 4.69) is 20.7 Å². The van der Waals surface area contributed by atoms with E-state index in [4.69, 9.17) is 0 Å². The molecule has 0 amide bonds. The van der Waals surface area contributed by atoms with Crippen LogP contribution in [0.25, 0.3) is 21.5 Å². The number of alkyl halides is 4. The zero-order chi connectivity index (χ0) is 20.9. The van der Waals surface area contributed by atoms with Gasteiger partial charge in [-0.2, -0.15) is 13.2 Å². The fourth-order valence-electron chi connectivity index (χ4n) is 3.03. The normalized spacial score (nSPS) is 14.3. The molecule has 0 bridgehead atoms. The number of ether oxygens (including phenoxy) is 1. The summed E-state index contributed by atoms with van der Waals surface area (Å²) in [6.45, 7) is 0.544. The van der Waals surface area contributed by atoms with Crippen molar-refractivity contribution in [2.24, 2.45) is 0 Å². The van der Waals surface area contributed by atoms with Crippen LogP contribution in [0.15, 0.2) is 40.9 Å². The summed E-state index contributed by atoms with van der Waals surface area (Å²) in [6.07, 6.45) is -5.94. The maximum absolute atomic E-state index is 15.0. The average molecular weight is 465 g/mol. The number of fused-ring (bicyclic) bond motifs is 3. The Morgan fingerprint density at radius 3 is 2.25 bits per heavy atom. The number of esters is 1. The molecular formula is C19H11BrF6O2. The van der Waals surface area contributed by atoms with Crippen LogP contribution in [0, 0.1) is 11.6 Å². The molecule has 28 heavy (non-hydrogen) atoms. The van der Waals surface area contributed by atoms with E-state index in [1.807, 2.05) is 0 Å². The van der Waals surface area contributed by atoms with Gasteiger partial charge in [0.1, 0.15) is 11.6 Å². The SMILES string of the molecule is CCOC(=O)[C@@](F)(c1c(F)cc2c(ccc3c(Br)cccc32)c1F)C(F)(F)F. The van der Waals surface area contributed by atoms with Crippen molar-refractivity contribution in [2.45, 2.75) is 18.8 Å². The molecule has 3 aromatic rings. The lowest BCUT2D eigenvalue weighted by Gasteiger charge is -2.27. The van der Waals surface area contributed by atoms with Gasteiger partial charge in [-0.3, -0.25) is 0 Å². The monoisotopic (exact) mass is 464 g/mol. The highest BCUT2D eigenvalue weighted by atomic mass is 79.9. The Labute approximate surface area is 163 Å².